The van der Waals surface area contributed by atoms with Crippen molar-refractivity contribution in [3.63, 3.8) is 0 Å². The Morgan fingerprint density at radius 2 is 1.89 bits per heavy atom. The van der Waals surface area contributed by atoms with Gasteiger partial charge in [-0.05, 0) is 56.2 Å². The summed E-state index contributed by atoms with van der Waals surface area (Å²) in [5.41, 5.74) is 6.42. The van der Waals surface area contributed by atoms with Crippen LogP contribution in [-0.2, 0) is 16.0 Å². The zero-order valence-corrected chi connectivity index (χ0v) is 15.8. The lowest BCUT2D eigenvalue weighted by molar-refractivity contribution is -0.140. The molecule has 148 valence electrons. The molecule has 5 nitrogen and oxygen atoms in total. The minimum Gasteiger partial charge on any atom is -0.356 e. The van der Waals surface area contributed by atoms with Crippen molar-refractivity contribution in [1.29, 1.82) is 0 Å². The van der Waals surface area contributed by atoms with Crippen LogP contribution in [0.15, 0.2) is 24.3 Å². The van der Waals surface area contributed by atoms with Crippen LogP contribution in [0, 0.1) is 23.6 Å². The number of nitrogens with zero attached hydrogens (tertiary/aromatic N) is 1. The molecule has 3 rings (SSSR count). The van der Waals surface area contributed by atoms with E-state index in [0.717, 1.165) is 19.3 Å². The van der Waals surface area contributed by atoms with Gasteiger partial charge in [-0.15, -0.1) is 0 Å². The highest BCUT2D eigenvalue weighted by Gasteiger charge is 2.36. The first-order valence-electron chi connectivity index (χ1n) is 10.1. The van der Waals surface area contributed by atoms with Crippen LogP contribution in [0.2, 0.25) is 0 Å². The fourth-order valence-corrected chi connectivity index (χ4v) is 4.41. The predicted octanol–water partition coefficient (Wildman–Crippen LogP) is 2.10. The molecule has 2 amide bonds. The second-order valence-electron chi connectivity index (χ2n) is 7.77. The van der Waals surface area contributed by atoms with Crippen LogP contribution in [0.3, 0.4) is 0 Å². The summed E-state index contributed by atoms with van der Waals surface area (Å²) >= 11 is 0. The van der Waals surface area contributed by atoms with Crippen molar-refractivity contribution in [2.45, 2.75) is 38.5 Å². The zero-order valence-electron chi connectivity index (χ0n) is 15.8. The molecule has 3 N–H and O–H groups in total. The summed E-state index contributed by atoms with van der Waals surface area (Å²) in [6.07, 6.45) is 4.94. The van der Waals surface area contributed by atoms with Gasteiger partial charge in [0.25, 0.3) is 0 Å². The maximum atomic E-state index is 13.6. The SMILES string of the molecule is NCC1CCCC1C(=O)N1CCC(C(=O)NCCc2ccccc2F)CC1. The number of benzene rings is 1. The average Bonchev–Trinajstić information content (AvgIpc) is 3.17. The van der Waals surface area contributed by atoms with Gasteiger partial charge in [0.1, 0.15) is 5.82 Å². The number of hydrogen-bond acceptors (Lipinski definition) is 3. The van der Waals surface area contributed by atoms with E-state index in [2.05, 4.69) is 5.32 Å². The molecule has 1 aromatic carbocycles. The van der Waals surface area contributed by atoms with Crippen molar-refractivity contribution in [3.8, 4) is 0 Å². The van der Waals surface area contributed by atoms with Gasteiger partial charge in [-0.1, -0.05) is 24.6 Å². The summed E-state index contributed by atoms with van der Waals surface area (Å²) in [4.78, 5) is 27.0. The average molecular weight is 375 g/mol. The fraction of sp³-hybridized carbons (Fsp3) is 0.619. The number of amides is 2. The number of nitrogens with one attached hydrogen (secondary N) is 1. The number of carbonyl (C=O) groups excluding carboxylic acids is 2. The summed E-state index contributed by atoms with van der Waals surface area (Å²) in [5.74, 6) is 0.323. The molecule has 2 fully saturated rings. The molecule has 1 saturated heterocycles. The number of halogens is 1. The van der Waals surface area contributed by atoms with E-state index in [-0.39, 0.29) is 29.5 Å². The Bertz CT molecular complexity index is 659. The lowest BCUT2D eigenvalue weighted by atomic mass is 9.91. The molecular formula is C21H30FN3O2. The molecule has 2 atom stereocenters. The highest BCUT2D eigenvalue weighted by Crippen LogP contribution is 2.33. The van der Waals surface area contributed by atoms with E-state index in [0.29, 0.717) is 56.9 Å². The van der Waals surface area contributed by atoms with Crippen molar-refractivity contribution in [2.75, 3.05) is 26.2 Å². The quantitative estimate of drug-likeness (QED) is 0.800. The van der Waals surface area contributed by atoms with Crippen molar-refractivity contribution in [3.05, 3.63) is 35.6 Å². The zero-order chi connectivity index (χ0) is 19.2. The summed E-state index contributed by atoms with van der Waals surface area (Å²) in [6, 6.07) is 6.63. The van der Waals surface area contributed by atoms with E-state index in [4.69, 9.17) is 5.73 Å². The van der Waals surface area contributed by atoms with E-state index in [9.17, 15) is 14.0 Å². The summed E-state index contributed by atoms with van der Waals surface area (Å²) < 4.78 is 13.6. The molecule has 1 aromatic rings. The molecule has 1 heterocycles. The van der Waals surface area contributed by atoms with E-state index in [1.54, 1.807) is 18.2 Å². The van der Waals surface area contributed by atoms with Crippen molar-refractivity contribution in [1.82, 2.24) is 10.2 Å². The predicted molar refractivity (Wildman–Crippen MR) is 102 cm³/mol. The number of likely N-dealkylation sites (tertiary alicyclic amines) is 1. The van der Waals surface area contributed by atoms with Crippen molar-refractivity contribution < 1.29 is 14.0 Å². The smallest absolute Gasteiger partial charge is 0.226 e. The Balaban J connectivity index is 1.41. The van der Waals surface area contributed by atoms with E-state index in [1.807, 2.05) is 4.90 Å². The summed E-state index contributed by atoms with van der Waals surface area (Å²) in [6.45, 7) is 2.28. The monoisotopic (exact) mass is 375 g/mol. The Morgan fingerprint density at radius 3 is 2.59 bits per heavy atom. The van der Waals surface area contributed by atoms with Gasteiger partial charge >= 0.3 is 0 Å². The maximum absolute atomic E-state index is 13.6. The maximum Gasteiger partial charge on any atom is 0.226 e. The Morgan fingerprint density at radius 1 is 1.15 bits per heavy atom. The first kappa shape index (κ1) is 19.8. The Kier molecular flexibility index (Phi) is 6.83. The fourth-order valence-electron chi connectivity index (χ4n) is 4.41. The molecule has 0 spiro atoms. The largest absolute Gasteiger partial charge is 0.356 e. The number of nitrogens with two attached hydrogens (primary N) is 1. The lowest BCUT2D eigenvalue weighted by Crippen LogP contribution is -2.46. The first-order chi connectivity index (χ1) is 13.1. The molecule has 1 saturated carbocycles. The molecule has 2 aliphatic rings. The van der Waals surface area contributed by atoms with Crippen molar-refractivity contribution >= 4 is 11.8 Å². The van der Waals surface area contributed by atoms with Crippen LogP contribution in [-0.4, -0.2) is 42.9 Å². The van der Waals surface area contributed by atoms with Gasteiger partial charge in [0.15, 0.2) is 0 Å². The van der Waals surface area contributed by atoms with Crippen LogP contribution in [0.25, 0.3) is 0 Å². The normalized spacial score (nSPS) is 23.4. The van der Waals surface area contributed by atoms with Crippen molar-refractivity contribution in [2.24, 2.45) is 23.5 Å². The lowest BCUT2D eigenvalue weighted by Gasteiger charge is -2.34. The standard InChI is InChI=1S/C21H30FN3O2/c22-19-7-2-1-4-15(19)8-11-24-20(26)16-9-12-25(13-10-16)21(27)18-6-3-5-17(18)14-23/h1-2,4,7,16-18H,3,5-6,8-14,23H2,(H,24,26). The minimum absolute atomic E-state index is 0.0131. The molecule has 1 aliphatic heterocycles. The number of piperidine rings is 1. The molecule has 1 aliphatic carbocycles. The highest BCUT2D eigenvalue weighted by atomic mass is 19.1. The number of carbonyl (C=O) groups is 2. The molecule has 0 bridgehead atoms. The third-order valence-corrected chi connectivity index (χ3v) is 6.11. The van der Waals surface area contributed by atoms with Gasteiger partial charge in [0.2, 0.25) is 11.8 Å². The van der Waals surface area contributed by atoms with Gasteiger partial charge in [-0.2, -0.15) is 0 Å². The minimum atomic E-state index is -0.235. The molecule has 2 unspecified atom stereocenters. The topological polar surface area (TPSA) is 75.4 Å². The van der Waals surface area contributed by atoms with Crippen LogP contribution >= 0.6 is 0 Å². The third-order valence-electron chi connectivity index (χ3n) is 6.11. The van der Waals surface area contributed by atoms with E-state index >= 15 is 0 Å². The van der Waals surface area contributed by atoms with Gasteiger partial charge in [0, 0.05) is 31.5 Å². The Labute approximate surface area is 160 Å². The van der Waals surface area contributed by atoms with E-state index in [1.165, 1.54) is 6.07 Å². The molecular weight excluding hydrogens is 345 g/mol. The second-order valence-corrected chi connectivity index (χ2v) is 7.77. The molecule has 27 heavy (non-hydrogen) atoms. The molecule has 6 heteroatoms. The van der Waals surface area contributed by atoms with Crippen LogP contribution in [0.1, 0.15) is 37.7 Å². The molecule has 0 aromatic heterocycles. The van der Waals surface area contributed by atoms with E-state index < -0.39 is 0 Å². The van der Waals surface area contributed by atoms with Crippen LogP contribution in [0.5, 0.6) is 0 Å². The Hall–Kier alpha value is -1.95. The summed E-state index contributed by atoms with van der Waals surface area (Å²) in [5, 5.41) is 2.92. The first-order valence-corrected chi connectivity index (χ1v) is 10.1. The van der Waals surface area contributed by atoms with Gasteiger partial charge in [-0.3, -0.25) is 9.59 Å². The van der Waals surface area contributed by atoms with Gasteiger partial charge < -0.3 is 16.0 Å². The van der Waals surface area contributed by atoms with Gasteiger partial charge in [0.05, 0.1) is 0 Å². The summed E-state index contributed by atoms with van der Waals surface area (Å²) in [7, 11) is 0. The van der Waals surface area contributed by atoms with Gasteiger partial charge in [-0.25, -0.2) is 4.39 Å². The molecule has 0 radical (unpaired) electrons. The van der Waals surface area contributed by atoms with Crippen LogP contribution in [0.4, 0.5) is 4.39 Å². The van der Waals surface area contributed by atoms with Crippen LogP contribution < -0.4 is 11.1 Å². The number of hydrogen-bond donors (Lipinski definition) is 2. The highest BCUT2D eigenvalue weighted by molar-refractivity contribution is 5.81. The second kappa shape index (κ2) is 9.31. The third kappa shape index (κ3) is 4.86. The number of rotatable bonds is 6.